The summed E-state index contributed by atoms with van der Waals surface area (Å²) >= 11 is 6.44. The van der Waals surface area contributed by atoms with Gasteiger partial charge < -0.3 is 5.32 Å². The number of hydrogen-bond donors (Lipinski definition) is 1. The maximum absolute atomic E-state index is 13.3. The van der Waals surface area contributed by atoms with Gasteiger partial charge in [0.25, 0.3) is 11.5 Å². The van der Waals surface area contributed by atoms with Crippen molar-refractivity contribution in [1.82, 2.24) is 14.3 Å². The summed E-state index contributed by atoms with van der Waals surface area (Å²) < 4.78 is 2.03. The second-order valence-corrected chi connectivity index (χ2v) is 9.63. The molecule has 152 valence electrons. The highest BCUT2D eigenvalue weighted by Gasteiger charge is 2.30. The number of thiocarbonyl (C=S) groups is 1. The summed E-state index contributed by atoms with van der Waals surface area (Å²) in [4.78, 5) is 32.4. The lowest BCUT2D eigenvalue weighted by Crippen LogP contribution is -2.29. The van der Waals surface area contributed by atoms with Gasteiger partial charge in [-0.3, -0.25) is 18.9 Å². The van der Waals surface area contributed by atoms with Gasteiger partial charge in [0.2, 0.25) is 0 Å². The number of amides is 1. The molecule has 0 atom stereocenters. The molecule has 4 rings (SSSR count). The number of fused-ring (bicyclic) bond motifs is 1. The Hall–Kier alpha value is -2.19. The number of rotatable bonds is 3. The molecule has 0 bridgehead atoms. The SMILES string of the molecule is Cc1ccc2nc(NC3CCC(C)CC3)c(C=C3SC(=S)N(C)C3=O)c(=O)n2c1. The zero-order valence-corrected chi connectivity index (χ0v) is 18.4. The van der Waals surface area contributed by atoms with Crippen LogP contribution in [-0.4, -0.2) is 37.6 Å². The van der Waals surface area contributed by atoms with Crippen molar-refractivity contribution in [1.29, 1.82) is 0 Å². The molecule has 0 aromatic carbocycles. The van der Waals surface area contributed by atoms with Crippen molar-refractivity contribution in [2.24, 2.45) is 5.92 Å². The molecule has 1 N–H and O–H groups in total. The third kappa shape index (κ3) is 3.96. The molecule has 2 aromatic heterocycles. The Balaban J connectivity index is 1.81. The van der Waals surface area contributed by atoms with Crippen molar-refractivity contribution < 1.29 is 4.79 Å². The van der Waals surface area contributed by atoms with E-state index >= 15 is 0 Å². The zero-order chi connectivity index (χ0) is 20.7. The largest absolute Gasteiger partial charge is 0.367 e. The van der Waals surface area contributed by atoms with Crippen LogP contribution in [0.3, 0.4) is 0 Å². The second kappa shape index (κ2) is 7.91. The van der Waals surface area contributed by atoms with Gasteiger partial charge in [-0.2, -0.15) is 0 Å². The first-order valence-electron chi connectivity index (χ1n) is 9.84. The van der Waals surface area contributed by atoms with Gasteiger partial charge in [-0.15, -0.1) is 0 Å². The molecule has 1 aliphatic heterocycles. The van der Waals surface area contributed by atoms with E-state index in [4.69, 9.17) is 17.2 Å². The first-order chi connectivity index (χ1) is 13.8. The van der Waals surface area contributed by atoms with Crippen LogP contribution in [0.25, 0.3) is 11.7 Å². The molecule has 2 aliphatic rings. The van der Waals surface area contributed by atoms with Gasteiger partial charge in [-0.1, -0.05) is 37.0 Å². The summed E-state index contributed by atoms with van der Waals surface area (Å²) in [6, 6.07) is 4.06. The number of carbonyl (C=O) groups is 1. The van der Waals surface area contributed by atoms with Crippen molar-refractivity contribution in [3.8, 4) is 0 Å². The minimum atomic E-state index is -0.189. The fraction of sp³-hybridized carbons (Fsp3) is 0.429. The van der Waals surface area contributed by atoms with Crippen molar-refractivity contribution in [2.75, 3.05) is 12.4 Å². The average Bonchev–Trinajstić information content (AvgIpc) is 2.94. The quantitative estimate of drug-likeness (QED) is 0.592. The van der Waals surface area contributed by atoms with Crippen LogP contribution in [0.1, 0.15) is 43.7 Å². The van der Waals surface area contributed by atoms with Crippen molar-refractivity contribution in [2.45, 2.75) is 45.6 Å². The summed E-state index contributed by atoms with van der Waals surface area (Å²) in [6.45, 7) is 4.21. The van der Waals surface area contributed by atoms with E-state index in [2.05, 4.69) is 12.2 Å². The summed E-state index contributed by atoms with van der Waals surface area (Å²) in [6.07, 6.45) is 7.83. The number of carbonyl (C=O) groups excluding carboxylic acids is 1. The molecule has 6 nitrogen and oxygen atoms in total. The maximum atomic E-state index is 13.3. The van der Waals surface area contributed by atoms with Crippen LogP contribution in [-0.2, 0) is 4.79 Å². The number of pyridine rings is 1. The molecule has 0 radical (unpaired) electrons. The minimum Gasteiger partial charge on any atom is -0.367 e. The van der Waals surface area contributed by atoms with Gasteiger partial charge in [0.15, 0.2) is 0 Å². The number of likely N-dealkylation sites (N-methyl/N-ethyl adjacent to an activating group) is 1. The fourth-order valence-corrected chi connectivity index (χ4v) is 4.93. The lowest BCUT2D eigenvalue weighted by Gasteiger charge is -2.27. The Kier molecular flexibility index (Phi) is 5.48. The topological polar surface area (TPSA) is 66.7 Å². The first-order valence-corrected chi connectivity index (χ1v) is 11.1. The number of hydrogen-bond acceptors (Lipinski definition) is 6. The van der Waals surface area contributed by atoms with Gasteiger partial charge in [-0.05, 0) is 56.2 Å². The Labute approximate surface area is 179 Å². The first kappa shape index (κ1) is 20.1. The summed E-state index contributed by atoms with van der Waals surface area (Å²) in [5.74, 6) is 1.09. The van der Waals surface area contributed by atoms with Crippen LogP contribution in [0.4, 0.5) is 5.82 Å². The lowest BCUT2D eigenvalue weighted by atomic mass is 9.87. The zero-order valence-electron chi connectivity index (χ0n) is 16.8. The van der Waals surface area contributed by atoms with Crippen molar-refractivity contribution in [3.63, 3.8) is 0 Å². The van der Waals surface area contributed by atoms with E-state index in [1.807, 2.05) is 19.1 Å². The van der Waals surface area contributed by atoms with E-state index in [0.29, 0.717) is 26.3 Å². The van der Waals surface area contributed by atoms with Crippen LogP contribution in [0.2, 0.25) is 0 Å². The molecule has 29 heavy (non-hydrogen) atoms. The fourth-order valence-electron chi connectivity index (χ4n) is 3.77. The Bertz CT molecular complexity index is 1080. The summed E-state index contributed by atoms with van der Waals surface area (Å²) in [5, 5.41) is 3.49. The summed E-state index contributed by atoms with van der Waals surface area (Å²) in [7, 11) is 1.65. The van der Waals surface area contributed by atoms with Crippen LogP contribution in [0.15, 0.2) is 28.0 Å². The second-order valence-electron chi connectivity index (χ2n) is 7.96. The average molecular weight is 429 g/mol. The highest BCUT2D eigenvalue weighted by molar-refractivity contribution is 8.26. The normalized spacial score (nSPS) is 24.0. The molecule has 0 spiro atoms. The van der Waals surface area contributed by atoms with E-state index in [1.165, 1.54) is 16.7 Å². The Morgan fingerprint density at radius 2 is 1.97 bits per heavy atom. The molecular weight excluding hydrogens is 404 g/mol. The molecule has 1 aliphatic carbocycles. The number of anilines is 1. The molecule has 8 heteroatoms. The number of nitrogens with one attached hydrogen (secondary N) is 1. The summed E-state index contributed by atoms with van der Waals surface area (Å²) in [5.41, 5.74) is 1.77. The third-order valence-corrected chi connectivity index (χ3v) is 7.11. The van der Waals surface area contributed by atoms with Gasteiger partial charge in [0.1, 0.15) is 15.8 Å². The van der Waals surface area contributed by atoms with E-state index in [0.717, 1.165) is 37.2 Å². The standard InChI is InChI=1S/C21H24N4O2S2/c1-12-4-7-14(8-5-12)22-18-15(10-16-20(27)24(3)21(28)29-16)19(26)25-11-13(2)6-9-17(25)23-18/h6,9-12,14,22H,4-5,7-8H2,1-3H3. The van der Waals surface area contributed by atoms with Gasteiger partial charge in [0, 0.05) is 19.3 Å². The predicted molar refractivity (Wildman–Crippen MR) is 122 cm³/mol. The minimum absolute atomic E-state index is 0.188. The number of aromatic nitrogens is 2. The predicted octanol–water partition coefficient (Wildman–Crippen LogP) is 3.82. The highest BCUT2D eigenvalue weighted by atomic mass is 32.2. The van der Waals surface area contributed by atoms with Gasteiger partial charge >= 0.3 is 0 Å². The monoisotopic (exact) mass is 428 g/mol. The molecular formula is C21H24N4O2S2. The van der Waals surface area contributed by atoms with Crippen LogP contribution in [0.5, 0.6) is 0 Å². The van der Waals surface area contributed by atoms with Crippen LogP contribution < -0.4 is 10.9 Å². The van der Waals surface area contributed by atoms with Crippen molar-refractivity contribution >= 4 is 51.7 Å². The molecule has 0 unspecified atom stereocenters. The van der Waals surface area contributed by atoms with E-state index < -0.39 is 0 Å². The third-order valence-electron chi connectivity index (χ3n) is 5.62. The van der Waals surface area contributed by atoms with E-state index in [-0.39, 0.29) is 17.5 Å². The van der Waals surface area contributed by atoms with E-state index in [9.17, 15) is 9.59 Å². The smallest absolute Gasteiger partial charge is 0.267 e. The number of aryl methyl sites for hydroxylation is 1. The van der Waals surface area contributed by atoms with E-state index in [1.54, 1.807) is 23.7 Å². The van der Waals surface area contributed by atoms with Gasteiger partial charge in [0.05, 0.1) is 10.5 Å². The molecule has 2 fully saturated rings. The molecule has 1 amide bonds. The molecule has 3 heterocycles. The highest BCUT2D eigenvalue weighted by Crippen LogP contribution is 2.32. The van der Waals surface area contributed by atoms with Crippen molar-refractivity contribution in [3.05, 3.63) is 44.7 Å². The van der Waals surface area contributed by atoms with Gasteiger partial charge in [-0.25, -0.2) is 4.98 Å². The Morgan fingerprint density at radius 1 is 1.24 bits per heavy atom. The maximum Gasteiger partial charge on any atom is 0.267 e. The molecule has 1 saturated heterocycles. The van der Waals surface area contributed by atoms with Crippen LogP contribution in [0, 0.1) is 12.8 Å². The lowest BCUT2D eigenvalue weighted by molar-refractivity contribution is -0.121. The van der Waals surface area contributed by atoms with Crippen LogP contribution >= 0.6 is 24.0 Å². The molecule has 2 aromatic rings. The molecule has 1 saturated carbocycles. The Morgan fingerprint density at radius 3 is 2.62 bits per heavy atom. The number of thioether (sulfide) groups is 1. The number of nitrogens with zero attached hydrogens (tertiary/aromatic N) is 3.